The number of nitrogens with one attached hydrogen (secondary N) is 1. The van der Waals surface area contributed by atoms with E-state index in [9.17, 15) is 13.2 Å². The lowest BCUT2D eigenvalue weighted by Gasteiger charge is -2.19. The van der Waals surface area contributed by atoms with Gasteiger partial charge in [-0.1, -0.05) is 6.07 Å². The van der Waals surface area contributed by atoms with Gasteiger partial charge < -0.3 is 5.32 Å². The SMILES string of the molecule is CSc1cccc(NC(=O)c2ccc(N(C)S(C)(=O)=O)c(C)c2)c1. The minimum atomic E-state index is -3.34. The van der Waals surface area contributed by atoms with Gasteiger partial charge in [0.15, 0.2) is 0 Å². The first kappa shape index (κ1) is 18.4. The van der Waals surface area contributed by atoms with E-state index in [0.29, 0.717) is 16.8 Å². The van der Waals surface area contributed by atoms with Crippen LogP contribution in [0.4, 0.5) is 11.4 Å². The van der Waals surface area contributed by atoms with Crippen molar-refractivity contribution in [2.45, 2.75) is 11.8 Å². The maximum absolute atomic E-state index is 12.4. The molecule has 0 aliphatic heterocycles. The highest BCUT2D eigenvalue weighted by Gasteiger charge is 2.16. The van der Waals surface area contributed by atoms with Crippen molar-refractivity contribution >= 4 is 39.1 Å². The van der Waals surface area contributed by atoms with Gasteiger partial charge in [0.25, 0.3) is 5.91 Å². The molecular formula is C17H20N2O3S2. The van der Waals surface area contributed by atoms with E-state index >= 15 is 0 Å². The molecular weight excluding hydrogens is 344 g/mol. The quantitative estimate of drug-likeness (QED) is 0.826. The number of nitrogens with zero attached hydrogens (tertiary/aromatic N) is 1. The van der Waals surface area contributed by atoms with E-state index in [1.165, 1.54) is 11.4 Å². The zero-order valence-electron chi connectivity index (χ0n) is 14.0. The Kier molecular flexibility index (Phi) is 5.56. The van der Waals surface area contributed by atoms with Gasteiger partial charge in [0.1, 0.15) is 0 Å². The first-order valence-electron chi connectivity index (χ1n) is 7.22. The summed E-state index contributed by atoms with van der Waals surface area (Å²) in [5, 5.41) is 2.85. The van der Waals surface area contributed by atoms with Crippen molar-refractivity contribution in [2.75, 3.05) is 29.2 Å². The molecule has 0 spiro atoms. The summed E-state index contributed by atoms with van der Waals surface area (Å²) in [5.41, 5.74) is 2.47. The molecule has 0 saturated heterocycles. The zero-order valence-corrected chi connectivity index (χ0v) is 15.7. The molecule has 0 unspecified atom stereocenters. The molecule has 1 amide bonds. The average Bonchev–Trinajstić information content (AvgIpc) is 2.53. The topological polar surface area (TPSA) is 66.5 Å². The Bertz CT molecular complexity index is 864. The van der Waals surface area contributed by atoms with Crippen LogP contribution in [0.3, 0.4) is 0 Å². The van der Waals surface area contributed by atoms with E-state index in [2.05, 4.69) is 5.32 Å². The van der Waals surface area contributed by atoms with Crippen LogP contribution in [0.25, 0.3) is 0 Å². The molecule has 2 rings (SSSR count). The number of anilines is 2. The van der Waals surface area contributed by atoms with E-state index in [1.807, 2.05) is 30.5 Å². The summed E-state index contributed by atoms with van der Waals surface area (Å²) >= 11 is 1.60. The number of amides is 1. The van der Waals surface area contributed by atoms with Gasteiger partial charge in [0, 0.05) is 23.2 Å². The molecule has 0 saturated carbocycles. The van der Waals surface area contributed by atoms with Crippen molar-refractivity contribution in [1.82, 2.24) is 0 Å². The van der Waals surface area contributed by atoms with Crippen molar-refractivity contribution < 1.29 is 13.2 Å². The van der Waals surface area contributed by atoms with Crippen LogP contribution in [-0.2, 0) is 10.0 Å². The summed E-state index contributed by atoms with van der Waals surface area (Å²) in [6.45, 7) is 1.78. The third-order valence-corrected chi connectivity index (χ3v) is 5.54. The Labute approximate surface area is 147 Å². The van der Waals surface area contributed by atoms with Gasteiger partial charge >= 0.3 is 0 Å². The number of sulfonamides is 1. The standard InChI is InChI=1S/C17H20N2O3S2/c1-12-10-13(8-9-16(12)19(2)24(4,21)22)17(20)18-14-6-5-7-15(11-14)23-3/h5-11H,1-4H3,(H,18,20). The Morgan fingerprint density at radius 2 is 1.88 bits per heavy atom. The molecule has 0 aliphatic carbocycles. The molecule has 1 N–H and O–H groups in total. The first-order valence-corrected chi connectivity index (χ1v) is 10.3. The smallest absolute Gasteiger partial charge is 0.255 e. The van der Waals surface area contributed by atoms with Gasteiger partial charge in [-0.05, 0) is 55.1 Å². The first-order chi connectivity index (χ1) is 11.2. The Morgan fingerprint density at radius 3 is 2.46 bits per heavy atom. The van der Waals surface area contributed by atoms with Crippen molar-refractivity contribution in [1.29, 1.82) is 0 Å². The molecule has 7 heteroatoms. The molecule has 0 atom stereocenters. The Morgan fingerprint density at radius 1 is 1.17 bits per heavy atom. The summed E-state index contributed by atoms with van der Waals surface area (Å²) < 4.78 is 24.5. The van der Waals surface area contributed by atoms with Crippen molar-refractivity contribution in [3.05, 3.63) is 53.6 Å². The van der Waals surface area contributed by atoms with Crippen LogP contribution in [0.15, 0.2) is 47.4 Å². The Balaban J connectivity index is 2.23. The van der Waals surface area contributed by atoms with Crippen LogP contribution in [0.1, 0.15) is 15.9 Å². The van der Waals surface area contributed by atoms with E-state index in [1.54, 1.807) is 36.9 Å². The maximum atomic E-state index is 12.4. The fraction of sp³-hybridized carbons (Fsp3) is 0.235. The molecule has 24 heavy (non-hydrogen) atoms. The van der Waals surface area contributed by atoms with Crippen molar-refractivity contribution in [2.24, 2.45) is 0 Å². The fourth-order valence-electron chi connectivity index (χ4n) is 2.23. The third kappa shape index (κ3) is 4.30. The molecule has 0 bridgehead atoms. The minimum absolute atomic E-state index is 0.232. The van der Waals surface area contributed by atoms with Gasteiger partial charge in [-0.15, -0.1) is 11.8 Å². The van der Waals surface area contributed by atoms with E-state index < -0.39 is 10.0 Å². The highest BCUT2D eigenvalue weighted by atomic mass is 32.2. The fourth-order valence-corrected chi connectivity index (χ4v) is 3.25. The highest BCUT2D eigenvalue weighted by molar-refractivity contribution is 7.98. The number of aryl methyl sites for hydroxylation is 1. The van der Waals surface area contributed by atoms with Crippen LogP contribution in [0.2, 0.25) is 0 Å². The second kappa shape index (κ2) is 7.27. The predicted molar refractivity (Wildman–Crippen MR) is 101 cm³/mol. The molecule has 0 fully saturated rings. The lowest BCUT2D eigenvalue weighted by molar-refractivity contribution is 0.102. The molecule has 2 aromatic rings. The van der Waals surface area contributed by atoms with Crippen LogP contribution in [0.5, 0.6) is 0 Å². The normalized spacial score (nSPS) is 11.2. The average molecular weight is 364 g/mol. The monoisotopic (exact) mass is 364 g/mol. The molecule has 0 radical (unpaired) electrons. The lowest BCUT2D eigenvalue weighted by Crippen LogP contribution is -2.25. The Hall–Kier alpha value is -1.99. The van der Waals surface area contributed by atoms with E-state index in [4.69, 9.17) is 0 Å². The summed E-state index contributed by atoms with van der Waals surface area (Å²) in [6.07, 6.45) is 3.12. The van der Waals surface area contributed by atoms with E-state index in [-0.39, 0.29) is 5.91 Å². The second-order valence-corrected chi connectivity index (χ2v) is 8.31. The predicted octanol–water partition coefficient (Wildman–Crippen LogP) is 3.37. The molecule has 5 nitrogen and oxygen atoms in total. The number of rotatable bonds is 5. The largest absolute Gasteiger partial charge is 0.322 e. The highest BCUT2D eigenvalue weighted by Crippen LogP contribution is 2.23. The van der Waals surface area contributed by atoms with Crippen molar-refractivity contribution in [3.63, 3.8) is 0 Å². The number of hydrogen-bond donors (Lipinski definition) is 1. The number of hydrogen-bond acceptors (Lipinski definition) is 4. The molecule has 0 aromatic heterocycles. The summed E-state index contributed by atoms with van der Waals surface area (Å²) in [4.78, 5) is 13.5. The van der Waals surface area contributed by atoms with E-state index in [0.717, 1.165) is 16.8 Å². The number of carbonyl (C=O) groups is 1. The number of thioether (sulfide) groups is 1. The van der Waals surface area contributed by atoms with Crippen LogP contribution >= 0.6 is 11.8 Å². The summed E-state index contributed by atoms with van der Waals surface area (Å²) in [7, 11) is -1.85. The summed E-state index contributed by atoms with van der Waals surface area (Å²) in [6, 6.07) is 12.5. The minimum Gasteiger partial charge on any atom is -0.322 e. The number of benzene rings is 2. The second-order valence-electron chi connectivity index (χ2n) is 5.42. The maximum Gasteiger partial charge on any atom is 0.255 e. The van der Waals surface area contributed by atoms with Gasteiger partial charge in [-0.2, -0.15) is 0 Å². The van der Waals surface area contributed by atoms with Gasteiger partial charge in [0.2, 0.25) is 10.0 Å². The van der Waals surface area contributed by atoms with Crippen molar-refractivity contribution in [3.8, 4) is 0 Å². The molecule has 128 valence electrons. The summed E-state index contributed by atoms with van der Waals surface area (Å²) in [5.74, 6) is -0.232. The van der Waals surface area contributed by atoms with Crippen LogP contribution < -0.4 is 9.62 Å². The number of carbonyl (C=O) groups excluding carboxylic acids is 1. The molecule has 2 aromatic carbocycles. The lowest BCUT2D eigenvalue weighted by atomic mass is 10.1. The third-order valence-electron chi connectivity index (χ3n) is 3.62. The zero-order chi connectivity index (χ0) is 17.9. The molecule has 0 heterocycles. The van der Waals surface area contributed by atoms with Crippen LogP contribution in [-0.4, -0.2) is 33.9 Å². The van der Waals surface area contributed by atoms with Gasteiger partial charge in [-0.25, -0.2) is 8.42 Å². The van der Waals surface area contributed by atoms with Gasteiger partial charge in [-0.3, -0.25) is 9.10 Å². The van der Waals surface area contributed by atoms with Gasteiger partial charge in [0.05, 0.1) is 11.9 Å². The van der Waals surface area contributed by atoms with Crippen LogP contribution in [0, 0.1) is 6.92 Å². The molecule has 0 aliphatic rings.